The first-order chi connectivity index (χ1) is 8.33. The minimum Gasteiger partial charge on any atom is -0.377 e. The molecule has 0 spiro atoms. The number of hydrogen-bond donors (Lipinski definition) is 0. The second-order valence-corrected chi connectivity index (χ2v) is 6.22. The molecule has 100 valence electrons. The molecule has 0 aromatic rings. The van der Waals surface area contributed by atoms with E-state index in [0.717, 1.165) is 12.8 Å². The second-order valence-electron chi connectivity index (χ2n) is 6.22. The highest BCUT2D eigenvalue weighted by molar-refractivity contribution is 5.05. The number of rotatable bonds is 4. The van der Waals surface area contributed by atoms with Crippen molar-refractivity contribution in [2.24, 2.45) is 0 Å². The minimum atomic E-state index is 0.0332. The van der Waals surface area contributed by atoms with E-state index in [1.165, 1.54) is 0 Å². The van der Waals surface area contributed by atoms with Crippen molar-refractivity contribution >= 4 is 0 Å². The molecule has 0 radical (unpaired) electrons. The van der Waals surface area contributed by atoms with Crippen LogP contribution in [0.2, 0.25) is 0 Å². The summed E-state index contributed by atoms with van der Waals surface area (Å²) in [5.41, 5.74) is 0.0663. The van der Waals surface area contributed by atoms with Crippen molar-refractivity contribution in [3.63, 3.8) is 0 Å². The monoisotopic (exact) mass is 248 g/mol. The van der Waals surface area contributed by atoms with Crippen LogP contribution in [0.3, 0.4) is 0 Å². The Hall–Kier alpha value is -1.03. The predicted molar refractivity (Wildman–Crippen MR) is 72.9 cm³/mol. The van der Waals surface area contributed by atoms with Crippen LogP contribution in [0.1, 0.15) is 47.0 Å². The average Bonchev–Trinajstić information content (AvgIpc) is 2.23. The Morgan fingerprint density at radius 1 is 1.28 bits per heavy atom. The molecule has 0 aromatic carbocycles. The SMILES string of the molecule is C#CCN1C(C)(C)CC(OCCC#N)CC1(C)C. The summed E-state index contributed by atoms with van der Waals surface area (Å²) in [6.07, 6.45) is 8.08. The zero-order valence-corrected chi connectivity index (χ0v) is 12.0. The van der Waals surface area contributed by atoms with Gasteiger partial charge < -0.3 is 4.74 Å². The molecular weight excluding hydrogens is 224 g/mol. The van der Waals surface area contributed by atoms with Crippen molar-refractivity contribution in [1.29, 1.82) is 5.26 Å². The quantitative estimate of drug-likeness (QED) is 0.566. The van der Waals surface area contributed by atoms with E-state index in [9.17, 15) is 0 Å². The standard InChI is InChI=1S/C15H24N2O/c1-6-9-17-14(2,3)11-13(12-15(17,4)5)18-10-7-8-16/h1,13H,7,9-12H2,2-5H3. The van der Waals surface area contributed by atoms with Crippen molar-refractivity contribution in [2.75, 3.05) is 13.2 Å². The van der Waals surface area contributed by atoms with Crippen LogP contribution in [-0.2, 0) is 4.74 Å². The molecule has 0 N–H and O–H groups in total. The van der Waals surface area contributed by atoms with Gasteiger partial charge in [0.15, 0.2) is 0 Å². The van der Waals surface area contributed by atoms with Crippen LogP contribution in [0.25, 0.3) is 0 Å². The highest BCUT2D eigenvalue weighted by Gasteiger charge is 2.45. The van der Waals surface area contributed by atoms with Gasteiger partial charge in [-0.15, -0.1) is 6.42 Å². The molecule has 0 atom stereocenters. The van der Waals surface area contributed by atoms with E-state index in [1.807, 2.05) is 0 Å². The van der Waals surface area contributed by atoms with E-state index < -0.39 is 0 Å². The summed E-state index contributed by atoms with van der Waals surface area (Å²) in [6.45, 7) is 10.1. The van der Waals surface area contributed by atoms with Gasteiger partial charge >= 0.3 is 0 Å². The minimum absolute atomic E-state index is 0.0332. The average molecular weight is 248 g/mol. The molecule has 1 rings (SSSR count). The van der Waals surface area contributed by atoms with Gasteiger partial charge in [0.2, 0.25) is 0 Å². The first kappa shape index (κ1) is 15.0. The van der Waals surface area contributed by atoms with Crippen molar-refractivity contribution in [3.8, 4) is 18.4 Å². The largest absolute Gasteiger partial charge is 0.377 e. The van der Waals surface area contributed by atoms with Gasteiger partial charge in [0, 0.05) is 11.1 Å². The van der Waals surface area contributed by atoms with E-state index in [-0.39, 0.29) is 17.2 Å². The smallest absolute Gasteiger partial charge is 0.0645 e. The van der Waals surface area contributed by atoms with Crippen LogP contribution in [-0.4, -0.2) is 35.2 Å². The van der Waals surface area contributed by atoms with E-state index >= 15 is 0 Å². The Kier molecular flexibility index (Phi) is 4.79. The van der Waals surface area contributed by atoms with Crippen LogP contribution >= 0.6 is 0 Å². The van der Waals surface area contributed by atoms with Gasteiger partial charge in [0.05, 0.1) is 31.7 Å². The lowest BCUT2D eigenvalue weighted by Gasteiger charge is -2.54. The van der Waals surface area contributed by atoms with Crippen LogP contribution in [0.15, 0.2) is 0 Å². The number of nitrogens with zero attached hydrogens (tertiary/aromatic N) is 2. The number of likely N-dealkylation sites (tertiary alicyclic amines) is 1. The first-order valence-corrected chi connectivity index (χ1v) is 6.53. The van der Waals surface area contributed by atoms with Gasteiger partial charge in [-0.1, -0.05) is 5.92 Å². The van der Waals surface area contributed by atoms with Gasteiger partial charge in [-0.05, 0) is 40.5 Å². The summed E-state index contributed by atoms with van der Waals surface area (Å²) in [5, 5.41) is 8.55. The summed E-state index contributed by atoms with van der Waals surface area (Å²) >= 11 is 0. The lowest BCUT2D eigenvalue weighted by atomic mass is 9.78. The molecule has 0 unspecified atom stereocenters. The van der Waals surface area contributed by atoms with Crippen LogP contribution in [0, 0.1) is 23.7 Å². The van der Waals surface area contributed by atoms with Gasteiger partial charge in [-0.2, -0.15) is 5.26 Å². The number of piperidine rings is 1. The molecule has 3 nitrogen and oxygen atoms in total. The predicted octanol–water partition coefficient (Wildman–Crippen LogP) is 2.57. The maximum Gasteiger partial charge on any atom is 0.0645 e. The normalized spacial score (nSPS) is 23.2. The number of ether oxygens (including phenoxy) is 1. The van der Waals surface area contributed by atoms with Gasteiger partial charge in [0.1, 0.15) is 0 Å². The van der Waals surface area contributed by atoms with E-state index in [1.54, 1.807) is 0 Å². The molecular formula is C15H24N2O. The zero-order valence-electron chi connectivity index (χ0n) is 12.0. The summed E-state index contributed by atoms with van der Waals surface area (Å²) in [6, 6.07) is 2.12. The van der Waals surface area contributed by atoms with Gasteiger partial charge in [-0.3, -0.25) is 4.90 Å². The fourth-order valence-corrected chi connectivity index (χ4v) is 3.13. The van der Waals surface area contributed by atoms with Crippen LogP contribution < -0.4 is 0 Å². The summed E-state index contributed by atoms with van der Waals surface area (Å²) < 4.78 is 5.82. The van der Waals surface area contributed by atoms with Crippen molar-refractivity contribution in [1.82, 2.24) is 4.90 Å². The zero-order chi connectivity index (χ0) is 13.8. The maximum atomic E-state index is 8.55. The molecule has 1 aliphatic heterocycles. The number of hydrogen-bond acceptors (Lipinski definition) is 3. The molecule has 1 heterocycles. The van der Waals surface area contributed by atoms with Gasteiger partial charge in [0.25, 0.3) is 0 Å². The third-order valence-corrected chi connectivity index (χ3v) is 3.73. The van der Waals surface area contributed by atoms with Crippen molar-refractivity contribution < 1.29 is 4.74 Å². The highest BCUT2D eigenvalue weighted by atomic mass is 16.5. The Labute approximate surface area is 111 Å². The Morgan fingerprint density at radius 3 is 2.28 bits per heavy atom. The molecule has 1 fully saturated rings. The maximum absolute atomic E-state index is 8.55. The molecule has 18 heavy (non-hydrogen) atoms. The molecule has 1 saturated heterocycles. The van der Waals surface area contributed by atoms with E-state index in [2.05, 4.69) is 44.6 Å². The Morgan fingerprint density at radius 2 is 1.83 bits per heavy atom. The van der Waals surface area contributed by atoms with Crippen molar-refractivity contribution in [3.05, 3.63) is 0 Å². The fourth-order valence-electron chi connectivity index (χ4n) is 3.13. The third kappa shape index (κ3) is 3.48. The lowest BCUT2D eigenvalue weighted by Crippen LogP contribution is -2.62. The summed E-state index contributed by atoms with van der Waals surface area (Å²) in [7, 11) is 0. The number of nitriles is 1. The second kappa shape index (κ2) is 5.74. The Balaban J connectivity index is 2.73. The highest BCUT2D eigenvalue weighted by Crippen LogP contribution is 2.39. The number of terminal acetylenes is 1. The van der Waals surface area contributed by atoms with Crippen LogP contribution in [0.5, 0.6) is 0 Å². The molecule has 0 aromatic heterocycles. The van der Waals surface area contributed by atoms with Crippen molar-refractivity contribution in [2.45, 2.75) is 64.1 Å². The lowest BCUT2D eigenvalue weighted by molar-refractivity contribution is -0.0966. The summed E-state index contributed by atoms with van der Waals surface area (Å²) in [4.78, 5) is 2.38. The first-order valence-electron chi connectivity index (χ1n) is 6.53. The Bertz CT molecular complexity index is 342. The molecule has 1 aliphatic rings. The molecule has 3 heteroatoms. The molecule has 0 bridgehead atoms. The van der Waals surface area contributed by atoms with E-state index in [4.69, 9.17) is 16.4 Å². The molecule has 0 aliphatic carbocycles. The third-order valence-electron chi connectivity index (χ3n) is 3.73. The topological polar surface area (TPSA) is 36.3 Å². The fraction of sp³-hybridized carbons (Fsp3) is 0.800. The molecule has 0 amide bonds. The van der Waals surface area contributed by atoms with Gasteiger partial charge in [-0.25, -0.2) is 0 Å². The summed E-state index contributed by atoms with van der Waals surface area (Å²) in [5.74, 6) is 2.76. The van der Waals surface area contributed by atoms with Crippen LogP contribution in [0.4, 0.5) is 0 Å². The van der Waals surface area contributed by atoms with E-state index in [0.29, 0.717) is 19.6 Å². The molecule has 0 saturated carbocycles.